The molecule has 0 saturated carbocycles. The molecule has 2 aromatic rings. The third kappa shape index (κ3) is 4.11. The van der Waals surface area contributed by atoms with Crippen molar-refractivity contribution in [3.8, 4) is 0 Å². The second kappa shape index (κ2) is 7.14. The number of hydrogen-bond donors (Lipinski definition) is 1. The van der Waals surface area contributed by atoms with Crippen molar-refractivity contribution in [2.75, 3.05) is 24.3 Å². The van der Waals surface area contributed by atoms with Gasteiger partial charge in [-0.25, -0.2) is 0 Å². The minimum atomic E-state index is -0.534. The Kier molecular flexibility index (Phi) is 5.42. The monoisotopic (exact) mass is 445 g/mol. The van der Waals surface area contributed by atoms with Gasteiger partial charge in [-0.05, 0) is 46.9 Å². The van der Waals surface area contributed by atoms with Crippen molar-refractivity contribution in [2.24, 2.45) is 0 Å². The van der Waals surface area contributed by atoms with Gasteiger partial charge in [0, 0.05) is 35.5 Å². The summed E-state index contributed by atoms with van der Waals surface area (Å²) >= 11 is 8.22. The maximum absolute atomic E-state index is 12.5. The zero-order chi connectivity index (χ0) is 17.1. The smallest absolute Gasteiger partial charge is 0.270 e. The second-order valence-corrected chi connectivity index (χ2v) is 6.58. The number of nitro groups is 1. The highest BCUT2D eigenvalue weighted by molar-refractivity contribution is 14.1. The van der Waals surface area contributed by atoms with Crippen molar-refractivity contribution < 1.29 is 9.72 Å². The largest absolute Gasteiger partial charge is 0.377 e. The van der Waals surface area contributed by atoms with E-state index in [0.29, 0.717) is 16.4 Å². The Morgan fingerprint density at radius 2 is 1.96 bits per heavy atom. The van der Waals surface area contributed by atoms with Gasteiger partial charge in [-0.3, -0.25) is 14.9 Å². The number of hydrogen-bond acceptors (Lipinski definition) is 4. The fourth-order valence-corrected chi connectivity index (χ4v) is 2.89. The zero-order valence-corrected chi connectivity index (χ0v) is 15.3. The molecule has 2 aromatic carbocycles. The highest BCUT2D eigenvalue weighted by Gasteiger charge is 2.18. The number of non-ortho nitro benzene ring substituents is 1. The molecule has 8 heteroatoms. The Morgan fingerprint density at radius 1 is 1.26 bits per heavy atom. The Balaban J connectivity index is 2.40. The molecule has 0 spiro atoms. The standard InChI is InChI=1S/C15H13ClIN3O3/c1-19(2)14-6-4-10(20(22)23)8-11(14)15(21)18-13-5-3-9(17)7-12(13)16/h3-8H,1-2H3,(H,18,21). The maximum atomic E-state index is 12.5. The van der Waals surface area contributed by atoms with Crippen LogP contribution in [0.2, 0.25) is 5.02 Å². The van der Waals surface area contributed by atoms with E-state index in [1.807, 2.05) is 6.07 Å². The number of benzene rings is 2. The molecule has 1 amide bonds. The fraction of sp³-hybridized carbons (Fsp3) is 0.133. The SMILES string of the molecule is CN(C)c1ccc([N+](=O)[O-])cc1C(=O)Nc1ccc(I)cc1Cl. The van der Waals surface area contributed by atoms with Crippen LogP contribution < -0.4 is 10.2 Å². The normalized spacial score (nSPS) is 10.3. The average Bonchev–Trinajstić information content (AvgIpc) is 2.49. The average molecular weight is 446 g/mol. The first-order valence-corrected chi connectivity index (χ1v) is 7.97. The van der Waals surface area contributed by atoms with Gasteiger partial charge < -0.3 is 10.2 Å². The quantitative estimate of drug-likeness (QED) is 0.435. The zero-order valence-electron chi connectivity index (χ0n) is 12.3. The van der Waals surface area contributed by atoms with E-state index in [9.17, 15) is 14.9 Å². The summed E-state index contributed by atoms with van der Waals surface area (Å²) < 4.78 is 0.940. The van der Waals surface area contributed by atoms with Gasteiger partial charge in [0.1, 0.15) is 0 Å². The lowest BCUT2D eigenvalue weighted by atomic mass is 10.1. The van der Waals surface area contributed by atoms with E-state index in [1.54, 1.807) is 37.2 Å². The molecule has 0 heterocycles. The van der Waals surface area contributed by atoms with Crippen molar-refractivity contribution in [3.05, 3.63) is 60.7 Å². The molecule has 0 aliphatic rings. The highest BCUT2D eigenvalue weighted by Crippen LogP contribution is 2.28. The molecule has 120 valence electrons. The summed E-state index contributed by atoms with van der Waals surface area (Å²) in [6.45, 7) is 0. The van der Waals surface area contributed by atoms with Crippen LogP contribution in [0, 0.1) is 13.7 Å². The van der Waals surface area contributed by atoms with Gasteiger partial charge >= 0.3 is 0 Å². The number of carbonyl (C=O) groups excluding carboxylic acids is 1. The van der Waals surface area contributed by atoms with Gasteiger partial charge in [0.25, 0.3) is 11.6 Å². The molecule has 0 radical (unpaired) electrons. The Morgan fingerprint density at radius 3 is 2.52 bits per heavy atom. The van der Waals surface area contributed by atoms with Crippen LogP contribution in [-0.2, 0) is 0 Å². The third-order valence-corrected chi connectivity index (χ3v) is 4.08. The van der Waals surface area contributed by atoms with Crippen LogP contribution >= 0.6 is 34.2 Å². The molecule has 0 aliphatic heterocycles. The van der Waals surface area contributed by atoms with Gasteiger partial charge in [-0.15, -0.1) is 0 Å². The molecule has 23 heavy (non-hydrogen) atoms. The summed E-state index contributed by atoms with van der Waals surface area (Å²) in [7, 11) is 3.52. The Hall–Kier alpha value is -1.87. The number of rotatable bonds is 4. The van der Waals surface area contributed by atoms with Crippen molar-refractivity contribution in [2.45, 2.75) is 0 Å². The van der Waals surface area contributed by atoms with Crippen molar-refractivity contribution >= 4 is 57.2 Å². The minimum absolute atomic E-state index is 0.144. The molecule has 0 saturated heterocycles. The molecule has 0 bridgehead atoms. The lowest BCUT2D eigenvalue weighted by Gasteiger charge is -2.17. The van der Waals surface area contributed by atoms with Gasteiger partial charge in [0.15, 0.2) is 0 Å². The van der Waals surface area contributed by atoms with Crippen molar-refractivity contribution in [3.63, 3.8) is 0 Å². The Bertz CT molecular complexity index is 781. The topological polar surface area (TPSA) is 75.5 Å². The predicted molar refractivity (Wildman–Crippen MR) is 99.5 cm³/mol. The number of halogens is 2. The lowest BCUT2D eigenvalue weighted by Crippen LogP contribution is -2.19. The van der Waals surface area contributed by atoms with Gasteiger partial charge in [-0.1, -0.05) is 11.6 Å². The lowest BCUT2D eigenvalue weighted by molar-refractivity contribution is -0.384. The van der Waals surface area contributed by atoms with Crippen LogP contribution in [0.25, 0.3) is 0 Å². The molecule has 1 N–H and O–H groups in total. The van der Waals surface area contributed by atoms with Gasteiger partial charge in [-0.2, -0.15) is 0 Å². The summed E-state index contributed by atoms with van der Waals surface area (Å²) in [4.78, 5) is 24.7. The number of amides is 1. The van der Waals surface area contributed by atoms with E-state index >= 15 is 0 Å². The first-order chi connectivity index (χ1) is 10.8. The summed E-state index contributed by atoms with van der Waals surface area (Å²) in [5, 5.41) is 14.0. The molecule has 0 atom stereocenters. The summed E-state index contributed by atoms with van der Waals surface area (Å²) in [6.07, 6.45) is 0. The first kappa shape index (κ1) is 17.5. The highest BCUT2D eigenvalue weighted by atomic mass is 127. The van der Waals surface area contributed by atoms with Crippen LogP contribution in [0.5, 0.6) is 0 Å². The predicted octanol–water partition coefficient (Wildman–Crippen LogP) is 4.17. The summed E-state index contributed by atoms with van der Waals surface area (Å²) in [5.41, 5.74) is 1.09. The molecule has 0 aliphatic carbocycles. The Labute approximate surface area is 151 Å². The van der Waals surface area contributed by atoms with Gasteiger partial charge in [0.2, 0.25) is 0 Å². The molecule has 0 aromatic heterocycles. The fourth-order valence-electron chi connectivity index (χ4n) is 1.99. The first-order valence-electron chi connectivity index (χ1n) is 6.51. The van der Waals surface area contributed by atoms with Crippen LogP contribution in [0.3, 0.4) is 0 Å². The molecule has 6 nitrogen and oxygen atoms in total. The molecule has 0 unspecified atom stereocenters. The second-order valence-electron chi connectivity index (χ2n) is 4.93. The number of carbonyl (C=O) groups is 1. The molecular formula is C15H13ClIN3O3. The number of nitrogens with one attached hydrogen (secondary N) is 1. The van der Waals surface area contributed by atoms with Crippen LogP contribution in [0.4, 0.5) is 17.1 Å². The van der Waals surface area contributed by atoms with Crippen LogP contribution in [0.15, 0.2) is 36.4 Å². The van der Waals surface area contributed by atoms with Gasteiger partial charge in [0.05, 0.1) is 21.2 Å². The maximum Gasteiger partial charge on any atom is 0.270 e. The van der Waals surface area contributed by atoms with Crippen LogP contribution in [-0.4, -0.2) is 24.9 Å². The number of nitrogens with zero attached hydrogens (tertiary/aromatic N) is 2. The molecular weight excluding hydrogens is 433 g/mol. The summed E-state index contributed by atoms with van der Waals surface area (Å²) in [6, 6.07) is 9.38. The molecule has 2 rings (SSSR count). The van der Waals surface area contributed by atoms with E-state index in [-0.39, 0.29) is 11.3 Å². The van der Waals surface area contributed by atoms with E-state index in [1.165, 1.54) is 12.1 Å². The van der Waals surface area contributed by atoms with E-state index in [2.05, 4.69) is 27.9 Å². The summed E-state index contributed by atoms with van der Waals surface area (Å²) in [5.74, 6) is -0.458. The molecule has 0 fully saturated rings. The third-order valence-electron chi connectivity index (χ3n) is 3.10. The number of nitro benzene ring substituents is 1. The minimum Gasteiger partial charge on any atom is -0.377 e. The van der Waals surface area contributed by atoms with Crippen LogP contribution in [0.1, 0.15) is 10.4 Å². The van der Waals surface area contributed by atoms with E-state index in [0.717, 1.165) is 3.57 Å². The van der Waals surface area contributed by atoms with Crippen molar-refractivity contribution in [1.29, 1.82) is 0 Å². The van der Waals surface area contributed by atoms with E-state index < -0.39 is 10.8 Å². The number of anilines is 2. The van der Waals surface area contributed by atoms with Crippen molar-refractivity contribution in [1.82, 2.24) is 0 Å². The van der Waals surface area contributed by atoms with E-state index in [4.69, 9.17) is 11.6 Å².